The van der Waals surface area contributed by atoms with Crippen molar-refractivity contribution in [2.75, 3.05) is 0 Å². The summed E-state index contributed by atoms with van der Waals surface area (Å²) in [5.41, 5.74) is 0. The van der Waals surface area contributed by atoms with Crippen LogP contribution in [0.25, 0.3) is 0 Å². The van der Waals surface area contributed by atoms with Crippen molar-refractivity contribution in [3.8, 4) is 0 Å². The van der Waals surface area contributed by atoms with Crippen molar-refractivity contribution < 1.29 is 33.9 Å². The van der Waals surface area contributed by atoms with Gasteiger partial charge in [-0.3, -0.25) is 20.4 Å². The quantitative estimate of drug-likeness (QED) is 0.385. The van der Waals surface area contributed by atoms with Crippen molar-refractivity contribution in [2.45, 2.75) is 12.8 Å². The molecule has 1 aliphatic rings. The molecule has 0 atom stereocenters. The van der Waals surface area contributed by atoms with Gasteiger partial charge in [-0.25, -0.2) is 0 Å². The van der Waals surface area contributed by atoms with E-state index in [1.54, 1.807) is 0 Å². The van der Waals surface area contributed by atoms with E-state index in [1.807, 2.05) is 0 Å². The van der Waals surface area contributed by atoms with Gasteiger partial charge in [0.2, 0.25) is 0 Å². The first kappa shape index (κ1) is 29.2. The van der Waals surface area contributed by atoms with Gasteiger partial charge in [-0.2, -0.15) is 0 Å². The van der Waals surface area contributed by atoms with Crippen LogP contribution >= 0.6 is 0 Å². The van der Waals surface area contributed by atoms with Gasteiger partial charge in [-0.1, -0.05) is 24.3 Å². The summed E-state index contributed by atoms with van der Waals surface area (Å²) >= 11 is 0. The summed E-state index contributed by atoms with van der Waals surface area (Å²) in [6.07, 6.45) is 11.0. The third-order valence-corrected chi connectivity index (χ3v) is 0.883. The summed E-state index contributed by atoms with van der Waals surface area (Å²) in [7, 11) is 0. The predicted octanol–water partition coefficient (Wildman–Crippen LogP) is 1.52. The van der Waals surface area contributed by atoms with Crippen molar-refractivity contribution in [1.29, 1.82) is 0 Å². The molecule has 0 N–H and O–H groups in total. The first-order valence-electron chi connectivity index (χ1n) is 3.02. The fourth-order valence-corrected chi connectivity index (χ4v) is 0.542. The molecule has 0 aliphatic heterocycles. The molecule has 3 nitrogen and oxygen atoms in total. The average molecular weight is 283 g/mol. The molecule has 0 saturated heterocycles. The van der Waals surface area contributed by atoms with Crippen LogP contribution in [0.15, 0.2) is 24.3 Å². The standard InChI is InChI=1S/C6H8.3CHO.CH3.Ru/c1-2-4-6-5-3-1;3*1-2;;/h1-4H,5-6H2;3*1H;1H3;/q;4*-1;+4. The second-order valence-corrected chi connectivity index (χ2v) is 1.43. The molecule has 0 amide bonds. The zero-order valence-corrected chi connectivity index (χ0v) is 9.77. The van der Waals surface area contributed by atoms with E-state index in [9.17, 15) is 0 Å². The van der Waals surface area contributed by atoms with Crippen molar-refractivity contribution in [3.63, 3.8) is 0 Å². The van der Waals surface area contributed by atoms with Gasteiger partial charge in [0.25, 0.3) is 0 Å². The Bertz CT molecular complexity index is 108. The number of hydrogen-bond donors (Lipinski definition) is 0. The van der Waals surface area contributed by atoms with Crippen LogP contribution < -0.4 is 0 Å². The summed E-state index contributed by atoms with van der Waals surface area (Å²) in [6, 6.07) is 0. The number of hydrogen-bond acceptors (Lipinski definition) is 3. The Balaban J connectivity index is -0.0000000300. The maximum atomic E-state index is 7.75. The third-order valence-electron chi connectivity index (χ3n) is 0.883. The number of rotatable bonds is 0. The minimum absolute atomic E-state index is 0. The molecule has 0 bridgehead atoms. The molecule has 0 fully saturated rings. The maximum Gasteiger partial charge on any atom is 4.00 e. The van der Waals surface area contributed by atoms with Gasteiger partial charge in [0.1, 0.15) is 0 Å². The van der Waals surface area contributed by atoms with E-state index < -0.39 is 0 Å². The molecule has 0 radical (unpaired) electrons. The van der Waals surface area contributed by atoms with Crippen molar-refractivity contribution in [2.24, 2.45) is 0 Å². The normalized spacial score (nSPS) is 8.86. The Morgan fingerprint density at radius 2 is 0.929 bits per heavy atom. The van der Waals surface area contributed by atoms with Crippen LogP contribution in [0.4, 0.5) is 0 Å². The predicted molar refractivity (Wildman–Crippen MR) is 54.2 cm³/mol. The van der Waals surface area contributed by atoms with Crippen molar-refractivity contribution in [3.05, 3.63) is 31.7 Å². The van der Waals surface area contributed by atoms with Gasteiger partial charge in [-0.05, 0) is 12.8 Å². The molecule has 0 spiro atoms. The van der Waals surface area contributed by atoms with Gasteiger partial charge in [-0.15, -0.1) is 0 Å². The Morgan fingerprint density at radius 1 is 0.714 bits per heavy atom. The van der Waals surface area contributed by atoms with E-state index in [0.29, 0.717) is 0 Å². The summed E-state index contributed by atoms with van der Waals surface area (Å²) in [6.45, 7) is 9.75. The molecular weight excluding hydrogens is 269 g/mol. The molecular formula is C10H14O3Ru. The second kappa shape index (κ2) is 57.2. The molecule has 0 unspecified atom stereocenters. The second-order valence-electron chi connectivity index (χ2n) is 1.43. The van der Waals surface area contributed by atoms with E-state index >= 15 is 0 Å². The van der Waals surface area contributed by atoms with Crippen LogP contribution in [0.3, 0.4) is 0 Å². The zero-order valence-electron chi connectivity index (χ0n) is 8.03. The SMILES string of the molecule is C1=CCCC=C1.[CH-]=O.[CH-]=O.[CH-]=O.[CH3-].[Ru+4]. The molecule has 1 aliphatic carbocycles. The minimum atomic E-state index is 0. The summed E-state index contributed by atoms with van der Waals surface area (Å²) in [5, 5.41) is 0. The van der Waals surface area contributed by atoms with Crippen LogP contribution in [-0.2, 0) is 33.9 Å². The fourth-order valence-electron chi connectivity index (χ4n) is 0.542. The molecule has 80 valence electrons. The van der Waals surface area contributed by atoms with Crippen LogP contribution in [0.5, 0.6) is 0 Å². The topological polar surface area (TPSA) is 51.2 Å². The van der Waals surface area contributed by atoms with E-state index in [0.717, 1.165) is 0 Å². The van der Waals surface area contributed by atoms with E-state index in [2.05, 4.69) is 44.7 Å². The monoisotopic (exact) mass is 284 g/mol. The van der Waals surface area contributed by atoms with Gasteiger partial charge < -0.3 is 21.8 Å². The number of carbonyl (C=O) groups excluding carboxylic acids is 3. The maximum absolute atomic E-state index is 7.75. The van der Waals surface area contributed by atoms with Crippen LogP contribution in [-0.4, -0.2) is 20.4 Å². The molecule has 0 aromatic rings. The Labute approximate surface area is 99.0 Å². The molecule has 1 rings (SSSR count). The van der Waals surface area contributed by atoms with Crippen molar-refractivity contribution >= 4 is 20.4 Å². The molecule has 0 aromatic carbocycles. The zero-order chi connectivity index (χ0) is 10.2. The van der Waals surface area contributed by atoms with E-state index in [4.69, 9.17) is 14.4 Å². The molecule has 4 heteroatoms. The fraction of sp³-hybridized carbons (Fsp3) is 0.200. The molecule has 14 heavy (non-hydrogen) atoms. The molecule has 0 saturated carbocycles. The van der Waals surface area contributed by atoms with Gasteiger partial charge in [0, 0.05) is 0 Å². The van der Waals surface area contributed by atoms with E-state index in [-0.39, 0.29) is 26.9 Å². The van der Waals surface area contributed by atoms with Crippen molar-refractivity contribution in [1.82, 2.24) is 0 Å². The van der Waals surface area contributed by atoms with Crippen LogP contribution in [0.2, 0.25) is 0 Å². The van der Waals surface area contributed by atoms with Gasteiger partial charge in [0.05, 0.1) is 0 Å². The van der Waals surface area contributed by atoms with Gasteiger partial charge >= 0.3 is 19.5 Å². The Kier molecular flexibility index (Phi) is 119. The largest absolute Gasteiger partial charge is 4.00 e. The summed E-state index contributed by atoms with van der Waals surface area (Å²) in [4.78, 5) is 23.2. The summed E-state index contributed by atoms with van der Waals surface area (Å²) < 4.78 is 0. The Hall–Kier alpha value is -0.887. The minimum Gasteiger partial charge on any atom is -0.545 e. The van der Waals surface area contributed by atoms with Crippen LogP contribution in [0, 0.1) is 7.43 Å². The summed E-state index contributed by atoms with van der Waals surface area (Å²) in [5.74, 6) is 0. The Morgan fingerprint density at radius 3 is 1.00 bits per heavy atom. The van der Waals surface area contributed by atoms with Gasteiger partial charge in [0.15, 0.2) is 0 Å². The van der Waals surface area contributed by atoms with Crippen LogP contribution in [0.1, 0.15) is 12.8 Å². The number of allylic oxidation sites excluding steroid dienone is 4. The average Bonchev–Trinajstić information content (AvgIpc) is 2.29. The smallest absolute Gasteiger partial charge is 0.545 e. The first-order chi connectivity index (χ1) is 6.00. The van der Waals surface area contributed by atoms with E-state index in [1.165, 1.54) is 12.8 Å². The third kappa shape index (κ3) is 43.5. The molecule has 0 aromatic heterocycles. The first-order valence-corrected chi connectivity index (χ1v) is 3.02. The molecule has 0 heterocycles.